The Kier molecular flexibility index (Phi) is 3.63. The Morgan fingerprint density at radius 2 is 2.33 bits per heavy atom. The Morgan fingerprint density at radius 3 is 2.89 bits per heavy atom. The van der Waals surface area contributed by atoms with Crippen molar-refractivity contribution in [3.63, 3.8) is 0 Å². The third-order valence-corrected chi connectivity index (χ3v) is 3.09. The number of aromatic nitrogens is 1. The Labute approximate surface area is 106 Å². The molecule has 1 aromatic heterocycles. The van der Waals surface area contributed by atoms with Crippen LogP contribution in [-0.4, -0.2) is 29.1 Å². The summed E-state index contributed by atoms with van der Waals surface area (Å²) in [6.45, 7) is 2.69. The Balaban J connectivity index is 1.93. The maximum atomic E-state index is 11.8. The van der Waals surface area contributed by atoms with Crippen molar-refractivity contribution in [2.75, 3.05) is 13.2 Å². The predicted octanol–water partition coefficient (Wildman–Crippen LogP) is 0.955. The van der Waals surface area contributed by atoms with E-state index in [4.69, 9.17) is 5.11 Å². The normalized spacial score (nSPS) is 15.4. The highest BCUT2D eigenvalue weighted by Crippen LogP contribution is 2.44. The highest BCUT2D eigenvalue weighted by Gasteiger charge is 2.37. The van der Waals surface area contributed by atoms with Gasteiger partial charge in [-0.2, -0.15) is 0 Å². The van der Waals surface area contributed by atoms with Gasteiger partial charge in [-0.3, -0.25) is 4.79 Å². The summed E-state index contributed by atoms with van der Waals surface area (Å²) >= 11 is 0. The van der Waals surface area contributed by atoms with Crippen LogP contribution in [0, 0.1) is 17.3 Å². The number of amides is 1. The molecule has 1 heterocycles. The van der Waals surface area contributed by atoms with Crippen LogP contribution in [0.15, 0.2) is 18.3 Å². The third kappa shape index (κ3) is 3.31. The molecule has 0 atom stereocenters. The molecule has 1 aliphatic carbocycles. The predicted molar refractivity (Wildman–Crippen MR) is 67.9 cm³/mol. The van der Waals surface area contributed by atoms with Crippen LogP contribution in [0.3, 0.4) is 0 Å². The van der Waals surface area contributed by atoms with Crippen LogP contribution < -0.4 is 5.32 Å². The minimum atomic E-state index is -0.180. The molecule has 0 saturated heterocycles. The summed E-state index contributed by atoms with van der Waals surface area (Å²) in [7, 11) is 0. The van der Waals surface area contributed by atoms with Gasteiger partial charge in [-0.1, -0.05) is 18.8 Å². The lowest BCUT2D eigenvalue weighted by Crippen LogP contribution is -2.29. The number of carbonyl (C=O) groups excluding carboxylic acids is 1. The van der Waals surface area contributed by atoms with Crippen molar-refractivity contribution in [2.45, 2.75) is 19.8 Å². The number of carbonyl (C=O) groups is 1. The molecule has 94 valence electrons. The van der Waals surface area contributed by atoms with E-state index < -0.39 is 0 Å². The highest BCUT2D eigenvalue weighted by atomic mass is 16.2. The molecular formula is C14H16N2O2. The number of nitrogens with zero attached hydrogens (tertiary/aromatic N) is 1. The van der Waals surface area contributed by atoms with Crippen molar-refractivity contribution < 1.29 is 9.90 Å². The molecule has 4 nitrogen and oxygen atoms in total. The fraction of sp³-hybridized carbons (Fsp3) is 0.429. The van der Waals surface area contributed by atoms with E-state index in [2.05, 4.69) is 29.1 Å². The van der Waals surface area contributed by atoms with Gasteiger partial charge in [0.1, 0.15) is 12.3 Å². The first kappa shape index (κ1) is 12.6. The standard InChI is InChI=1S/C14H16N2O2/c1-14(6-7-14)10-16-13(18)12-5-4-11(9-15-12)3-2-8-17/h4-5,9,17H,6-8,10H2,1H3,(H,16,18). The van der Waals surface area contributed by atoms with Crippen molar-refractivity contribution in [3.8, 4) is 11.8 Å². The van der Waals surface area contributed by atoms with E-state index in [1.807, 2.05) is 0 Å². The van der Waals surface area contributed by atoms with Gasteiger partial charge < -0.3 is 10.4 Å². The number of aliphatic hydroxyl groups is 1. The van der Waals surface area contributed by atoms with E-state index >= 15 is 0 Å². The average Bonchev–Trinajstić information content (AvgIpc) is 3.13. The van der Waals surface area contributed by atoms with E-state index in [1.54, 1.807) is 12.1 Å². The summed E-state index contributed by atoms with van der Waals surface area (Å²) in [5.41, 5.74) is 1.38. The minimum absolute atomic E-state index is 0.148. The fourth-order valence-electron chi connectivity index (χ4n) is 1.52. The highest BCUT2D eigenvalue weighted by molar-refractivity contribution is 5.92. The average molecular weight is 244 g/mol. The summed E-state index contributed by atoms with van der Waals surface area (Å²) < 4.78 is 0. The number of hydrogen-bond acceptors (Lipinski definition) is 3. The zero-order valence-corrected chi connectivity index (χ0v) is 10.4. The van der Waals surface area contributed by atoms with Gasteiger partial charge in [0.05, 0.1) is 0 Å². The zero-order valence-electron chi connectivity index (χ0n) is 10.4. The second kappa shape index (κ2) is 5.19. The SMILES string of the molecule is CC1(CNC(=O)c2ccc(C#CCO)cn2)CC1. The molecular weight excluding hydrogens is 228 g/mol. The van der Waals surface area contributed by atoms with Gasteiger partial charge in [-0.25, -0.2) is 4.98 Å². The fourth-order valence-corrected chi connectivity index (χ4v) is 1.52. The molecule has 4 heteroatoms. The monoisotopic (exact) mass is 244 g/mol. The first-order chi connectivity index (χ1) is 8.63. The van der Waals surface area contributed by atoms with E-state index in [0.717, 1.165) is 0 Å². The second-order valence-corrected chi connectivity index (χ2v) is 4.89. The molecule has 0 aliphatic heterocycles. The molecule has 0 unspecified atom stereocenters. The van der Waals surface area contributed by atoms with Gasteiger partial charge in [0.15, 0.2) is 0 Å². The van der Waals surface area contributed by atoms with E-state index in [1.165, 1.54) is 19.0 Å². The van der Waals surface area contributed by atoms with E-state index in [0.29, 0.717) is 23.2 Å². The number of hydrogen-bond donors (Lipinski definition) is 2. The number of rotatable bonds is 3. The molecule has 1 saturated carbocycles. The van der Waals surface area contributed by atoms with Crippen molar-refractivity contribution in [1.82, 2.24) is 10.3 Å². The smallest absolute Gasteiger partial charge is 0.269 e. The molecule has 1 fully saturated rings. The van der Waals surface area contributed by atoms with Crippen LogP contribution in [-0.2, 0) is 0 Å². The number of pyridine rings is 1. The summed E-state index contributed by atoms with van der Waals surface area (Å²) in [6, 6.07) is 3.37. The molecule has 0 bridgehead atoms. The van der Waals surface area contributed by atoms with Crippen LogP contribution >= 0.6 is 0 Å². The molecule has 0 radical (unpaired) electrons. The van der Waals surface area contributed by atoms with Gasteiger partial charge in [-0.15, -0.1) is 0 Å². The van der Waals surface area contributed by atoms with Gasteiger partial charge in [0, 0.05) is 18.3 Å². The van der Waals surface area contributed by atoms with E-state index in [9.17, 15) is 4.79 Å². The maximum Gasteiger partial charge on any atom is 0.269 e. The van der Waals surface area contributed by atoms with Crippen molar-refractivity contribution in [2.24, 2.45) is 5.41 Å². The van der Waals surface area contributed by atoms with Crippen LogP contribution in [0.2, 0.25) is 0 Å². The molecule has 18 heavy (non-hydrogen) atoms. The van der Waals surface area contributed by atoms with E-state index in [-0.39, 0.29) is 12.5 Å². The molecule has 0 aromatic carbocycles. The summed E-state index contributed by atoms with van der Waals surface area (Å²) in [5.74, 6) is 5.12. The molecule has 2 N–H and O–H groups in total. The minimum Gasteiger partial charge on any atom is -0.384 e. The lowest BCUT2D eigenvalue weighted by Gasteiger charge is -2.09. The first-order valence-corrected chi connectivity index (χ1v) is 5.97. The largest absolute Gasteiger partial charge is 0.384 e. The van der Waals surface area contributed by atoms with Crippen molar-refractivity contribution in [3.05, 3.63) is 29.6 Å². The summed E-state index contributed by atoms with van der Waals surface area (Å²) in [5, 5.41) is 11.5. The lowest BCUT2D eigenvalue weighted by molar-refractivity contribution is 0.0941. The molecule has 1 aromatic rings. The van der Waals surface area contributed by atoms with Crippen LogP contribution in [0.1, 0.15) is 35.8 Å². The number of aliphatic hydroxyl groups excluding tert-OH is 1. The molecule has 1 aliphatic rings. The third-order valence-electron chi connectivity index (χ3n) is 3.09. The van der Waals surface area contributed by atoms with Gasteiger partial charge >= 0.3 is 0 Å². The number of nitrogens with one attached hydrogen (secondary N) is 1. The van der Waals surface area contributed by atoms with Gasteiger partial charge in [0.2, 0.25) is 0 Å². The maximum absolute atomic E-state index is 11.8. The lowest BCUT2D eigenvalue weighted by atomic mass is 10.1. The van der Waals surface area contributed by atoms with Gasteiger partial charge in [-0.05, 0) is 30.4 Å². The van der Waals surface area contributed by atoms with Crippen molar-refractivity contribution >= 4 is 5.91 Å². The summed E-state index contributed by atoms with van der Waals surface area (Å²) in [4.78, 5) is 15.9. The summed E-state index contributed by atoms with van der Waals surface area (Å²) in [6.07, 6.45) is 3.89. The van der Waals surface area contributed by atoms with Crippen LogP contribution in [0.25, 0.3) is 0 Å². The van der Waals surface area contributed by atoms with Crippen LogP contribution in [0.5, 0.6) is 0 Å². The molecule has 2 rings (SSSR count). The Morgan fingerprint density at radius 1 is 1.56 bits per heavy atom. The van der Waals surface area contributed by atoms with Crippen LogP contribution in [0.4, 0.5) is 0 Å². The second-order valence-electron chi connectivity index (χ2n) is 4.89. The topological polar surface area (TPSA) is 62.2 Å². The Bertz CT molecular complexity index is 493. The van der Waals surface area contributed by atoms with Crippen molar-refractivity contribution in [1.29, 1.82) is 0 Å². The molecule has 0 spiro atoms. The zero-order chi connectivity index (χ0) is 13.0. The Hall–Kier alpha value is -1.86. The molecule has 1 amide bonds. The van der Waals surface area contributed by atoms with Gasteiger partial charge in [0.25, 0.3) is 5.91 Å². The quantitative estimate of drug-likeness (QED) is 0.778. The first-order valence-electron chi connectivity index (χ1n) is 5.97.